The van der Waals surface area contributed by atoms with Crippen molar-refractivity contribution in [2.24, 2.45) is 0 Å². The SMILES string of the molecule is CS(=O)(=O)c1c(F)cc([SH]2C=Cc3ccccc32)cc1F. The summed E-state index contributed by atoms with van der Waals surface area (Å²) in [7, 11) is -4.92. The largest absolute Gasteiger partial charge is 0.224 e. The van der Waals surface area contributed by atoms with Gasteiger partial charge in [0.1, 0.15) is 16.5 Å². The van der Waals surface area contributed by atoms with Gasteiger partial charge in [0.05, 0.1) is 0 Å². The Kier molecular flexibility index (Phi) is 3.37. The van der Waals surface area contributed by atoms with Crippen LogP contribution >= 0.6 is 10.9 Å². The number of fused-ring (bicyclic) bond motifs is 1. The number of sulfone groups is 1. The second-order valence-electron chi connectivity index (χ2n) is 4.76. The van der Waals surface area contributed by atoms with Crippen molar-refractivity contribution in [2.75, 3.05) is 6.26 Å². The van der Waals surface area contributed by atoms with Gasteiger partial charge in [-0.1, -0.05) is 18.2 Å². The summed E-state index contributed by atoms with van der Waals surface area (Å²) in [6, 6.07) is 9.87. The van der Waals surface area contributed by atoms with Gasteiger partial charge >= 0.3 is 0 Å². The van der Waals surface area contributed by atoms with E-state index in [0.29, 0.717) is 4.90 Å². The summed E-state index contributed by atoms with van der Waals surface area (Å²) < 4.78 is 50.8. The summed E-state index contributed by atoms with van der Waals surface area (Å²) in [4.78, 5) is 0.615. The standard InChI is InChI=1S/C15H12F2O2S2/c1-21(18,19)15-12(16)8-11(9-13(15)17)20-7-6-10-4-2-3-5-14(10)20/h2-9,20H,1H3. The summed E-state index contributed by atoms with van der Waals surface area (Å²) in [5, 5.41) is 1.91. The molecular formula is C15H12F2O2S2. The van der Waals surface area contributed by atoms with Crippen LogP contribution in [-0.4, -0.2) is 14.7 Å². The molecule has 1 atom stereocenters. The summed E-state index contributed by atoms with van der Waals surface area (Å²) in [6.45, 7) is 0. The Balaban J connectivity index is 2.13. The summed E-state index contributed by atoms with van der Waals surface area (Å²) >= 11 is 0. The van der Waals surface area contributed by atoms with Crippen LogP contribution < -0.4 is 0 Å². The number of hydrogen-bond acceptors (Lipinski definition) is 2. The molecule has 2 nitrogen and oxygen atoms in total. The summed E-state index contributed by atoms with van der Waals surface area (Å²) in [5.74, 6) is -2.07. The van der Waals surface area contributed by atoms with E-state index in [2.05, 4.69) is 0 Å². The maximum absolute atomic E-state index is 14.0. The van der Waals surface area contributed by atoms with Crippen LogP contribution in [0.25, 0.3) is 6.08 Å². The molecule has 0 saturated heterocycles. The minimum Gasteiger partial charge on any atom is -0.224 e. The molecule has 6 heteroatoms. The molecule has 0 aliphatic carbocycles. The van der Waals surface area contributed by atoms with Gasteiger partial charge < -0.3 is 0 Å². The Morgan fingerprint density at radius 2 is 1.67 bits per heavy atom. The van der Waals surface area contributed by atoms with Crippen LogP contribution in [0.4, 0.5) is 8.78 Å². The van der Waals surface area contributed by atoms with Crippen molar-refractivity contribution < 1.29 is 17.2 Å². The van der Waals surface area contributed by atoms with E-state index in [1.807, 2.05) is 35.7 Å². The van der Waals surface area contributed by atoms with Crippen LogP contribution in [0.5, 0.6) is 0 Å². The van der Waals surface area contributed by atoms with Crippen molar-refractivity contribution in [1.82, 2.24) is 0 Å². The van der Waals surface area contributed by atoms with Gasteiger partial charge in [-0.05, 0) is 35.2 Å². The van der Waals surface area contributed by atoms with Crippen LogP contribution in [0.3, 0.4) is 0 Å². The number of hydrogen-bond donors (Lipinski definition) is 1. The fourth-order valence-electron chi connectivity index (χ4n) is 2.35. The topological polar surface area (TPSA) is 34.1 Å². The summed E-state index contributed by atoms with van der Waals surface area (Å²) in [6.07, 6.45) is 2.71. The molecule has 110 valence electrons. The minimum atomic E-state index is -3.93. The Morgan fingerprint density at radius 1 is 1.05 bits per heavy atom. The predicted molar refractivity (Wildman–Crippen MR) is 80.5 cm³/mol. The van der Waals surface area contributed by atoms with Crippen molar-refractivity contribution in [3.05, 3.63) is 59.0 Å². The molecule has 0 N–H and O–H groups in total. The molecule has 21 heavy (non-hydrogen) atoms. The van der Waals surface area contributed by atoms with Crippen LogP contribution in [-0.2, 0) is 9.84 Å². The second kappa shape index (κ2) is 4.96. The second-order valence-corrected chi connectivity index (χ2v) is 8.74. The first-order chi connectivity index (χ1) is 9.88. The third-order valence-electron chi connectivity index (χ3n) is 3.23. The molecule has 1 unspecified atom stereocenters. The van der Waals surface area contributed by atoms with Gasteiger partial charge in [0, 0.05) is 16.0 Å². The highest BCUT2D eigenvalue weighted by molar-refractivity contribution is 8.20. The van der Waals surface area contributed by atoms with E-state index in [4.69, 9.17) is 0 Å². The predicted octanol–water partition coefficient (Wildman–Crippen LogP) is 3.77. The summed E-state index contributed by atoms with van der Waals surface area (Å²) in [5.41, 5.74) is 1.02. The first kappa shape index (κ1) is 14.3. The normalized spacial score (nSPS) is 18.7. The molecule has 0 amide bonds. The highest BCUT2D eigenvalue weighted by Crippen LogP contribution is 2.52. The highest BCUT2D eigenvalue weighted by Gasteiger charge is 2.23. The molecule has 2 aromatic carbocycles. The zero-order valence-electron chi connectivity index (χ0n) is 11.0. The van der Waals surface area contributed by atoms with Gasteiger partial charge in [-0.15, -0.1) is 0 Å². The zero-order chi connectivity index (χ0) is 15.2. The minimum absolute atomic E-state index is 0.466. The first-order valence-corrected chi connectivity index (χ1v) is 9.44. The van der Waals surface area contributed by atoms with E-state index in [1.54, 1.807) is 0 Å². The number of benzene rings is 2. The van der Waals surface area contributed by atoms with Gasteiger partial charge in [-0.3, -0.25) is 0 Å². The van der Waals surface area contributed by atoms with Crippen molar-refractivity contribution in [1.29, 1.82) is 0 Å². The average Bonchev–Trinajstić information content (AvgIpc) is 2.79. The number of rotatable bonds is 2. The van der Waals surface area contributed by atoms with E-state index in [1.165, 1.54) is 0 Å². The van der Waals surface area contributed by atoms with Crippen molar-refractivity contribution in [3.8, 4) is 0 Å². The van der Waals surface area contributed by atoms with Gasteiger partial charge in [0.2, 0.25) is 0 Å². The highest BCUT2D eigenvalue weighted by atomic mass is 32.2. The molecule has 1 aliphatic rings. The molecular weight excluding hydrogens is 314 g/mol. The van der Waals surface area contributed by atoms with Gasteiger partial charge in [-0.25, -0.2) is 17.2 Å². The lowest BCUT2D eigenvalue weighted by atomic mass is 10.2. The van der Waals surface area contributed by atoms with E-state index in [9.17, 15) is 17.2 Å². The van der Waals surface area contributed by atoms with Crippen LogP contribution in [0.1, 0.15) is 5.56 Å². The first-order valence-electron chi connectivity index (χ1n) is 6.13. The third-order valence-corrected chi connectivity index (χ3v) is 6.55. The molecule has 0 aromatic heterocycles. The number of thiol groups is 1. The smallest absolute Gasteiger partial charge is 0.181 e. The van der Waals surface area contributed by atoms with E-state index >= 15 is 0 Å². The van der Waals surface area contributed by atoms with Gasteiger partial charge in [-0.2, -0.15) is 10.9 Å². The third kappa shape index (κ3) is 2.49. The molecule has 0 saturated carbocycles. The maximum atomic E-state index is 14.0. The Morgan fingerprint density at radius 3 is 2.29 bits per heavy atom. The zero-order valence-corrected chi connectivity index (χ0v) is 12.8. The molecule has 0 bridgehead atoms. The average molecular weight is 326 g/mol. The lowest BCUT2D eigenvalue weighted by Gasteiger charge is -2.17. The Bertz CT molecular complexity index is 835. The molecule has 3 rings (SSSR count). The quantitative estimate of drug-likeness (QED) is 0.853. The van der Waals surface area contributed by atoms with E-state index < -0.39 is 37.3 Å². The van der Waals surface area contributed by atoms with E-state index in [0.717, 1.165) is 28.8 Å². The Labute approximate surface area is 124 Å². The van der Waals surface area contributed by atoms with Gasteiger partial charge in [0.25, 0.3) is 0 Å². The lowest BCUT2D eigenvalue weighted by molar-refractivity contribution is 0.516. The molecule has 0 radical (unpaired) electrons. The number of halogens is 2. The Hall–Kier alpha value is -1.66. The van der Waals surface area contributed by atoms with Crippen molar-refractivity contribution in [2.45, 2.75) is 14.7 Å². The fraction of sp³-hybridized carbons (Fsp3) is 0.0667. The van der Waals surface area contributed by atoms with Crippen LogP contribution in [0.2, 0.25) is 0 Å². The van der Waals surface area contributed by atoms with Crippen molar-refractivity contribution >= 4 is 26.8 Å². The van der Waals surface area contributed by atoms with Crippen LogP contribution in [0, 0.1) is 11.6 Å². The molecule has 0 spiro atoms. The van der Waals surface area contributed by atoms with Crippen molar-refractivity contribution in [3.63, 3.8) is 0 Å². The molecule has 1 heterocycles. The molecule has 2 aromatic rings. The molecule has 0 fully saturated rings. The molecule has 1 aliphatic heterocycles. The van der Waals surface area contributed by atoms with E-state index in [-0.39, 0.29) is 0 Å². The van der Waals surface area contributed by atoms with Gasteiger partial charge in [0.15, 0.2) is 9.84 Å². The fourth-order valence-corrected chi connectivity index (χ4v) is 5.27. The van der Waals surface area contributed by atoms with Crippen LogP contribution in [0.15, 0.2) is 56.5 Å². The maximum Gasteiger partial charge on any atom is 0.181 e. The lowest BCUT2D eigenvalue weighted by Crippen LogP contribution is -2.05. The monoisotopic (exact) mass is 326 g/mol.